The van der Waals surface area contributed by atoms with Crippen LogP contribution in [0.2, 0.25) is 0 Å². The number of nitrogens with one attached hydrogen (secondary N) is 1. The second-order valence-corrected chi connectivity index (χ2v) is 7.15. The minimum absolute atomic E-state index is 0.185. The highest BCUT2D eigenvalue weighted by Gasteiger charge is 2.22. The second kappa shape index (κ2) is 6.05. The molecule has 0 amide bonds. The molecule has 22 heavy (non-hydrogen) atoms. The van der Waals surface area contributed by atoms with Gasteiger partial charge in [-0.15, -0.1) is 0 Å². The summed E-state index contributed by atoms with van der Waals surface area (Å²) in [5.74, 6) is 0.814. The van der Waals surface area contributed by atoms with Gasteiger partial charge in [0.15, 0.2) is 0 Å². The molecule has 0 aliphatic carbocycles. The smallest absolute Gasteiger partial charge is 0.241 e. The van der Waals surface area contributed by atoms with E-state index < -0.39 is 10.0 Å². The van der Waals surface area contributed by atoms with Crippen molar-refractivity contribution in [2.45, 2.75) is 23.8 Å². The van der Waals surface area contributed by atoms with Gasteiger partial charge in [-0.1, -0.05) is 0 Å². The molecule has 0 aromatic carbocycles. The first kappa shape index (κ1) is 15.0. The molecule has 1 aliphatic heterocycles. The molecular formula is C14H19N5O2S. The van der Waals surface area contributed by atoms with Crippen molar-refractivity contribution in [2.75, 3.05) is 25.0 Å². The third-order valence-corrected chi connectivity index (χ3v) is 5.39. The van der Waals surface area contributed by atoms with E-state index in [2.05, 4.69) is 19.7 Å². The molecule has 8 heteroatoms. The van der Waals surface area contributed by atoms with Crippen molar-refractivity contribution in [2.24, 2.45) is 0 Å². The Labute approximate surface area is 130 Å². The summed E-state index contributed by atoms with van der Waals surface area (Å²) in [5, 5.41) is 4.29. The molecule has 2 aromatic heterocycles. The van der Waals surface area contributed by atoms with Crippen molar-refractivity contribution in [3.05, 3.63) is 36.8 Å². The normalized spacial score (nSPS) is 16.9. The third-order valence-electron chi connectivity index (χ3n) is 3.99. The topological polar surface area (TPSA) is 80.1 Å². The second-order valence-electron chi connectivity index (χ2n) is 5.26. The van der Waals surface area contributed by atoms with Crippen LogP contribution < -0.4 is 9.62 Å². The van der Waals surface area contributed by atoms with Gasteiger partial charge in [-0.3, -0.25) is 4.68 Å². The van der Waals surface area contributed by atoms with Crippen molar-refractivity contribution in [3.63, 3.8) is 0 Å². The molecule has 1 fully saturated rings. The molecule has 0 spiro atoms. The Bertz CT molecular complexity index is 704. The van der Waals surface area contributed by atoms with Gasteiger partial charge in [-0.2, -0.15) is 5.10 Å². The summed E-state index contributed by atoms with van der Waals surface area (Å²) >= 11 is 0. The Morgan fingerprint density at radius 3 is 2.59 bits per heavy atom. The lowest BCUT2D eigenvalue weighted by Crippen LogP contribution is -2.35. The van der Waals surface area contributed by atoms with Crippen LogP contribution in [0.3, 0.4) is 0 Å². The van der Waals surface area contributed by atoms with Crippen LogP contribution in [0.4, 0.5) is 5.82 Å². The lowest BCUT2D eigenvalue weighted by Gasteiger charge is -2.32. The predicted octanol–water partition coefficient (Wildman–Crippen LogP) is 1.03. The monoisotopic (exact) mass is 321 g/mol. The maximum absolute atomic E-state index is 11.7. The van der Waals surface area contributed by atoms with Gasteiger partial charge in [0, 0.05) is 31.7 Å². The highest BCUT2D eigenvalue weighted by atomic mass is 32.2. The number of hydrogen-bond donors (Lipinski definition) is 1. The fourth-order valence-corrected chi connectivity index (χ4v) is 3.37. The Morgan fingerprint density at radius 1 is 1.27 bits per heavy atom. The van der Waals surface area contributed by atoms with Crippen LogP contribution in [0, 0.1) is 0 Å². The van der Waals surface area contributed by atoms with Crippen molar-refractivity contribution in [1.82, 2.24) is 19.5 Å². The van der Waals surface area contributed by atoms with Gasteiger partial charge in [-0.05, 0) is 38.1 Å². The predicted molar refractivity (Wildman–Crippen MR) is 83.2 cm³/mol. The minimum Gasteiger partial charge on any atom is -0.356 e. The van der Waals surface area contributed by atoms with E-state index in [1.54, 1.807) is 18.3 Å². The van der Waals surface area contributed by atoms with Crippen LogP contribution in [0.25, 0.3) is 0 Å². The summed E-state index contributed by atoms with van der Waals surface area (Å²) in [4.78, 5) is 6.65. The molecule has 0 unspecified atom stereocenters. The van der Waals surface area contributed by atoms with Gasteiger partial charge in [0.2, 0.25) is 10.0 Å². The quantitative estimate of drug-likeness (QED) is 0.910. The number of sulfonamides is 1. The first-order valence-electron chi connectivity index (χ1n) is 7.24. The molecule has 0 bridgehead atoms. The zero-order chi connectivity index (χ0) is 15.6. The SMILES string of the molecule is CNS(=O)(=O)c1ccc(N2CCC(n3cccn3)CC2)nc1. The fourth-order valence-electron chi connectivity index (χ4n) is 2.69. The van der Waals surface area contributed by atoms with Crippen LogP contribution in [0.15, 0.2) is 41.7 Å². The van der Waals surface area contributed by atoms with Crippen molar-refractivity contribution in [1.29, 1.82) is 0 Å². The Kier molecular flexibility index (Phi) is 4.12. The molecule has 1 saturated heterocycles. The first-order valence-corrected chi connectivity index (χ1v) is 8.72. The van der Waals surface area contributed by atoms with Gasteiger partial charge in [0.25, 0.3) is 0 Å². The summed E-state index contributed by atoms with van der Waals surface area (Å²) in [6.45, 7) is 1.77. The number of pyridine rings is 1. The van der Waals surface area contributed by atoms with Crippen LogP contribution in [0.5, 0.6) is 0 Å². The first-order chi connectivity index (χ1) is 10.6. The van der Waals surface area contributed by atoms with E-state index in [0.717, 1.165) is 31.7 Å². The highest BCUT2D eigenvalue weighted by Crippen LogP contribution is 2.25. The summed E-state index contributed by atoms with van der Waals surface area (Å²) in [6, 6.07) is 5.72. The lowest BCUT2D eigenvalue weighted by atomic mass is 10.1. The van der Waals surface area contributed by atoms with Crippen LogP contribution in [0.1, 0.15) is 18.9 Å². The highest BCUT2D eigenvalue weighted by molar-refractivity contribution is 7.89. The van der Waals surface area contributed by atoms with E-state index in [1.165, 1.54) is 13.2 Å². The van der Waals surface area contributed by atoms with E-state index in [4.69, 9.17) is 0 Å². The molecule has 3 heterocycles. The average Bonchev–Trinajstić information content (AvgIpc) is 3.10. The Balaban J connectivity index is 1.66. The largest absolute Gasteiger partial charge is 0.356 e. The third kappa shape index (κ3) is 2.97. The van der Waals surface area contributed by atoms with Crippen molar-refractivity contribution >= 4 is 15.8 Å². The van der Waals surface area contributed by atoms with E-state index in [1.807, 2.05) is 16.9 Å². The van der Waals surface area contributed by atoms with E-state index in [0.29, 0.717) is 6.04 Å². The summed E-state index contributed by atoms with van der Waals surface area (Å²) < 4.78 is 27.7. The number of piperidine rings is 1. The van der Waals surface area contributed by atoms with Crippen LogP contribution in [-0.2, 0) is 10.0 Å². The molecule has 118 valence electrons. The number of rotatable bonds is 4. The molecule has 1 N–H and O–H groups in total. The number of nitrogens with zero attached hydrogens (tertiary/aromatic N) is 4. The van der Waals surface area contributed by atoms with E-state index in [9.17, 15) is 8.42 Å². The zero-order valence-electron chi connectivity index (χ0n) is 12.4. The fraction of sp³-hybridized carbons (Fsp3) is 0.429. The van der Waals surface area contributed by atoms with Gasteiger partial charge in [-0.25, -0.2) is 18.1 Å². The molecular weight excluding hydrogens is 302 g/mol. The van der Waals surface area contributed by atoms with Gasteiger partial charge >= 0.3 is 0 Å². The lowest BCUT2D eigenvalue weighted by molar-refractivity contribution is 0.366. The maximum Gasteiger partial charge on any atom is 0.241 e. The molecule has 0 atom stereocenters. The number of anilines is 1. The molecule has 2 aromatic rings. The summed E-state index contributed by atoms with van der Waals surface area (Å²) in [7, 11) is -2.03. The Morgan fingerprint density at radius 2 is 2.05 bits per heavy atom. The molecule has 0 saturated carbocycles. The average molecular weight is 321 g/mol. The maximum atomic E-state index is 11.7. The van der Waals surface area contributed by atoms with Gasteiger partial charge in [0.05, 0.1) is 6.04 Å². The van der Waals surface area contributed by atoms with Gasteiger partial charge < -0.3 is 4.90 Å². The summed E-state index contributed by atoms with van der Waals surface area (Å²) in [5.41, 5.74) is 0. The minimum atomic E-state index is -3.43. The van der Waals surface area contributed by atoms with Crippen molar-refractivity contribution < 1.29 is 8.42 Å². The van der Waals surface area contributed by atoms with Crippen molar-refractivity contribution in [3.8, 4) is 0 Å². The standard InChI is InChI=1S/C14H19N5O2S/c1-15-22(20,21)13-3-4-14(16-11-13)18-9-5-12(6-10-18)19-8-2-7-17-19/h2-4,7-8,11-12,15H,5-6,9-10H2,1H3. The zero-order valence-corrected chi connectivity index (χ0v) is 13.2. The summed E-state index contributed by atoms with van der Waals surface area (Å²) in [6.07, 6.45) is 7.20. The number of hydrogen-bond acceptors (Lipinski definition) is 5. The number of aromatic nitrogens is 3. The Hall–Kier alpha value is -1.93. The van der Waals surface area contributed by atoms with Crippen LogP contribution in [-0.4, -0.2) is 43.3 Å². The molecule has 3 rings (SSSR count). The molecule has 0 radical (unpaired) electrons. The van der Waals surface area contributed by atoms with E-state index >= 15 is 0 Å². The van der Waals surface area contributed by atoms with Gasteiger partial charge in [0.1, 0.15) is 10.7 Å². The molecule has 1 aliphatic rings. The van der Waals surface area contributed by atoms with E-state index in [-0.39, 0.29) is 4.90 Å². The van der Waals surface area contributed by atoms with Crippen LogP contribution >= 0.6 is 0 Å². The molecule has 7 nitrogen and oxygen atoms in total.